The molecule has 0 aliphatic heterocycles. The first-order chi connectivity index (χ1) is 22.9. The zero-order valence-corrected chi connectivity index (χ0v) is 35.6. The molecule has 0 saturated heterocycles. The van der Waals surface area contributed by atoms with Gasteiger partial charge in [-0.25, -0.2) is 12.1 Å². The van der Waals surface area contributed by atoms with E-state index in [2.05, 4.69) is 140 Å². The molecule has 264 valence electrons. The average Bonchev–Trinajstić information content (AvgIpc) is 3.78. The summed E-state index contributed by atoms with van der Waals surface area (Å²) in [6.45, 7) is 18.1. The van der Waals surface area contributed by atoms with E-state index in [1.165, 1.54) is 122 Å². The molecule has 0 bridgehead atoms. The summed E-state index contributed by atoms with van der Waals surface area (Å²) in [5.74, 6) is 0. The molecule has 1 aliphatic rings. The van der Waals surface area contributed by atoms with Crippen LogP contribution in [0.15, 0.2) is 109 Å². The maximum absolute atomic E-state index is 3.67. The van der Waals surface area contributed by atoms with Crippen LogP contribution < -0.4 is 24.8 Å². The molecule has 3 heteroatoms. The molecule has 5 aromatic carbocycles. The molecule has 1 aliphatic carbocycles. The summed E-state index contributed by atoms with van der Waals surface area (Å²) in [5.41, 5.74) is 14.4. The molecule has 0 atom stereocenters. The number of hydrogen-bond acceptors (Lipinski definition) is 0. The molecule has 0 amide bonds. The summed E-state index contributed by atoms with van der Waals surface area (Å²) < 4.78 is 1.45. The molecule has 0 spiro atoms. The van der Waals surface area contributed by atoms with Crippen LogP contribution in [0.2, 0.25) is 0 Å². The van der Waals surface area contributed by atoms with E-state index in [0.29, 0.717) is 0 Å². The fourth-order valence-electron chi connectivity index (χ4n) is 5.95. The van der Waals surface area contributed by atoms with Crippen molar-refractivity contribution >= 4 is 3.21 Å². The molecule has 0 saturated carbocycles. The molecule has 0 N–H and O–H groups in total. The van der Waals surface area contributed by atoms with Crippen LogP contribution >= 0.6 is 0 Å². The SMILES string of the molecule is CC(C)(C)c1[c-]c2c(cc1)-c1ccc(C(C)(C)C)cc1C2.CCCCc1ccc([C](=[Zr+2])c2ccc(CCCC)cc2)cc1.[Cl-].[Cl-].c1cc[cH-]c1. The molecule has 6 rings (SSSR count). The summed E-state index contributed by atoms with van der Waals surface area (Å²) in [7, 11) is 0. The summed E-state index contributed by atoms with van der Waals surface area (Å²) in [6, 6.07) is 43.5. The minimum atomic E-state index is 0. The largest absolute Gasteiger partial charge is 1.00 e. The van der Waals surface area contributed by atoms with Gasteiger partial charge in [-0.3, -0.25) is 0 Å². The first-order valence-corrected chi connectivity index (χ1v) is 19.3. The van der Waals surface area contributed by atoms with E-state index in [9.17, 15) is 0 Å². The van der Waals surface area contributed by atoms with E-state index in [4.69, 9.17) is 0 Å². The van der Waals surface area contributed by atoms with Crippen molar-refractivity contribution in [2.45, 2.75) is 111 Å². The van der Waals surface area contributed by atoms with Gasteiger partial charge in [-0.05, 0) is 28.4 Å². The molecule has 5 aromatic rings. The van der Waals surface area contributed by atoms with Gasteiger partial charge in [-0.1, -0.05) is 65.3 Å². The maximum Gasteiger partial charge on any atom is -0.172 e. The van der Waals surface area contributed by atoms with Gasteiger partial charge in [0.15, 0.2) is 0 Å². The first-order valence-electron chi connectivity index (χ1n) is 18.0. The fourth-order valence-corrected chi connectivity index (χ4v) is 6.77. The predicted octanol–water partition coefficient (Wildman–Crippen LogP) is 6.55. The molecule has 0 fully saturated rings. The fraction of sp³-hybridized carbons (Fsp3) is 0.362. The van der Waals surface area contributed by atoms with Gasteiger partial charge in [0, 0.05) is 0 Å². The van der Waals surface area contributed by atoms with Crippen LogP contribution in [0.4, 0.5) is 0 Å². The Morgan fingerprint density at radius 2 is 1.16 bits per heavy atom. The second kappa shape index (κ2) is 20.6. The molecular weight excluding hydrogens is 727 g/mol. The van der Waals surface area contributed by atoms with Gasteiger partial charge < -0.3 is 24.8 Å². The van der Waals surface area contributed by atoms with Crippen LogP contribution in [-0.2, 0) is 54.3 Å². The van der Waals surface area contributed by atoms with Gasteiger partial charge >= 0.3 is 151 Å². The van der Waals surface area contributed by atoms with Crippen molar-refractivity contribution in [2.75, 3.05) is 0 Å². The van der Waals surface area contributed by atoms with Gasteiger partial charge in [0.05, 0.1) is 0 Å². The minimum Gasteiger partial charge on any atom is -1.00 e. The number of halogens is 2. The van der Waals surface area contributed by atoms with Crippen molar-refractivity contribution in [2.24, 2.45) is 0 Å². The van der Waals surface area contributed by atoms with Gasteiger partial charge in [-0.15, -0.1) is 11.1 Å². The Morgan fingerprint density at radius 3 is 1.58 bits per heavy atom. The molecule has 0 aromatic heterocycles. The Kier molecular flexibility index (Phi) is 18.0. The smallest absolute Gasteiger partial charge is 0.172 e. The summed E-state index contributed by atoms with van der Waals surface area (Å²) in [4.78, 5) is 0. The van der Waals surface area contributed by atoms with E-state index in [0.717, 1.165) is 6.42 Å². The normalized spacial score (nSPS) is 11.4. The van der Waals surface area contributed by atoms with Crippen molar-refractivity contribution in [3.63, 3.8) is 0 Å². The van der Waals surface area contributed by atoms with Crippen molar-refractivity contribution in [3.05, 3.63) is 160 Å². The third-order valence-corrected chi connectivity index (χ3v) is 10.6. The first kappa shape index (κ1) is 43.7. The number of benzene rings is 4. The Labute approximate surface area is 332 Å². The Balaban J connectivity index is 0.000000293. The van der Waals surface area contributed by atoms with Crippen LogP contribution in [0, 0.1) is 6.07 Å². The van der Waals surface area contributed by atoms with E-state index < -0.39 is 0 Å². The number of aryl methyl sites for hydroxylation is 2. The van der Waals surface area contributed by atoms with E-state index in [1.807, 2.05) is 30.3 Å². The molecular formula is C47H56Cl2Zr-2. The Hall–Kier alpha value is -2.44. The third kappa shape index (κ3) is 12.7. The number of unbranched alkanes of at least 4 members (excludes halogenated alkanes) is 2. The monoisotopic (exact) mass is 780 g/mol. The summed E-state index contributed by atoms with van der Waals surface area (Å²) >= 11 is 1.48. The van der Waals surface area contributed by atoms with E-state index in [-0.39, 0.29) is 35.6 Å². The Morgan fingerprint density at radius 1 is 0.660 bits per heavy atom. The molecule has 0 radical (unpaired) electrons. The minimum absolute atomic E-state index is 0. The van der Waals surface area contributed by atoms with Gasteiger partial charge in [0.2, 0.25) is 0 Å². The third-order valence-electron chi connectivity index (χ3n) is 9.14. The quantitative estimate of drug-likeness (QED) is 0.154. The average molecular weight is 783 g/mol. The topological polar surface area (TPSA) is 0 Å². The number of fused-ring (bicyclic) bond motifs is 3. The van der Waals surface area contributed by atoms with Crippen molar-refractivity contribution in [1.29, 1.82) is 0 Å². The van der Waals surface area contributed by atoms with Crippen LogP contribution in [0.25, 0.3) is 11.1 Å². The van der Waals surface area contributed by atoms with E-state index in [1.54, 1.807) is 0 Å². The molecule has 0 heterocycles. The predicted molar refractivity (Wildman–Crippen MR) is 206 cm³/mol. The second-order valence-electron chi connectivity index (χ2n) is 15.3. The second-order valence-corrected chi connectivity index (χ2v) is 16.5. The molecule has 0 nitrogen and oxygen atoms in total. The van der Waals surface area contributed by atoms with Crippen LogP contribution in [0.3, 0.4) is 0 Å². The maximum atomic E-state index is 3.67. The van der Waals surface area contributed by atoms with Crippen LogP contribution in [0.1, 0.15) is 126 Å². The molecule has 0 unspecified atom stereocenters. The standard InChI is InChI=1S/C21H25.C21H26.C5H5.2ClH.Zr/c1-20(2,3)16-7-9-18-14(12-16)11-15-13-17(21(4,5)6)8-10-19(15)18;1-3-5-7-18-9-13-20(14-10-18)17-21-15-11-19(12-16-21)8-6-4-2;1-2-4-5-3-1;;;/h7-10,12H,11H2,1-6H3;9-16H,3-8H2,1-2H3;1-5H;2*1H;/q-1;;-1;;;+2/p-2. The van der Waals surface area contributed by atoms with E-state index >= 15 is 0 Å². The number of rotatable bonds is 8. The van der Waals surface area contributed by atoms with Gasteiger partial charge in [0.1, 0.15) is 0 Å². The van der Waals surface area contributed by atoms with Crippen LogP contribution in [0.5, 0.6) is 0 Å². The molecule has 50 heavy (non-hydrogen) atoms. The van der Waals surface area contributed by atoms with Crippen molar-refractivity contribution in [3.8, 4) is 11.1 Å². The zero-order valence-electron chi connectivity index (χ0n) is 31.6. The van der Waals surface area contributed by atoms with Gasteiger partial charge in [0.25, 0.3) is 0 Å². The zero-order chi connectivity index (χ0) is 34.7. The summed E-state index contributed by atoms with van der Waals surface area (Å²) in [5, 5.41) is 0. The van der Waals surface area contributed by atoms with Crippen molar-refractivity contribution < 1.29 is 49.0 Å². The van der Waals surface area contributed by atoms with Crippen molar-refractivity contribution in [1.82, 2.24) is 0 Å². The van der Waals surface area contributed by atoms with Crippen LogP contribution in [-0.4, -0.2) is 3.21 Å². The number of hydrogen-bond donors (Lipinski definition) is 0. The Bertz CT molecular complexity index is 1580. The summed E-state index contributed by atoms with van der Waals surface area (Å²) in [6.07, 6.45) is 8.53. The van der Waals surface area contributed by atoms with Gasteiger partial charge in [-0.2, -0.15) is 42.0 Å².